The molecule has 1 heterocycles. The van der Waals surface area contributed by atoms with E-state index in [9.17, 15) is 9.18 Å². The molecular weight excluding hydrogens is 387 g/mol. The van der Waals surface area contributed by atoms with Crippen LogP contribution in [0.5, 0.6) is 0 Å². The Morgan fingerprint density at radius 1 is 1.30 bits per heavy atom. The fraction of sp³-hybridized carbons (Fsp3) is 0.211. The molecule has 8 heteroatoms. The van der Waals surface area contributed by atoms with E-state index in [-0.39, 0.29) is 10.9 Å². The minimum atomic E-state index is -0.461. The number of thioether (sulfide) groups is 1. The number of carbonyl (C=O) groups is 1. The van der Waals surface area contributed by atoms with Gasteiger partial charge in [-0.25, -0.2) is 9.37 Å². The van der Waals surface area contributed by atoms with Crippen LogP contribution in [0, 0.1) is 5.82 Å². The Labute approximate surface area is 165 Å². The molecule has 0 aliphatic carbocycles. The highest BCUT2D eigenvalue weighted by Crippen LogP contribution is 2.26. The number of halogens is 2. The van der Waals surface area contributed by atoms with Gasteiger partial charge in [0.05, 0.1) is 16.0 Å². The molecule has 1 aromatic heterocycles. The highest BCUT2D eigenvalue weighted by Gasteiger charge is 2.18. The Bertz CT molecular complexity index is 945. The first kappa shape index (κ1) is 19.4. The lowest BCUT2D eigenvalue weighted by atomic mass is 10.1. The molecule has 1 atom stereocenters. The smallest absolute Gasteiger partial charge is 0.237 e. The highest BCUT2D eigenvalue weighted by molar-refractivity contribution is 8.00. The molecule has 0 bridgehead atoms. The maximum Gasteiger partial charge on any atom is 0.237 e. The molecule has 0 radical (unpaired) electrons. The van der Waals surface area contributed by atoms with Crippen LogP contribution in [0.1, 0.15) is 19.4 Å². The number of aromatic nitrogens is 3. The number of hydrogen-bond acceptors (Lipinski definition) is 4. The number of benzene rings is 2. The summed E-state index contributed by atoms with van der Waals surface area (Å²) >= 11 is 7.16. The third-order valence-electron chi connectivity index (χ3n) is 3.94. The molecule has 0 fully saturated rings. The summed E-state index contributed by atoms with van der Waals surface area (Å²) in [4.78, 5) is 16.8. The molecule has 140 valence electrons. The van der Waals surface area contributed by atoms with Crippen LogP contribution < -0.4 is 5.32 Å². The van der Waals surface area contributed by atoms with Crippen molar-refractivity contribution < 1.29 is 9.18 Å². The molecule has 0 saturated carbocycles. The summed E-state index contributed by atoms with van der Waals surface area (Å²) in [6.45, 7) is 3.84. The van der Waals surface area contributed by atoms with Crippen molar-refractivity contribution in [3.63, 3.8) is 0 Å². The van der Waals surface area contributed by atoms with Gasteiger partial charge in [0.1, 0.15) is 5.82 Å². The van der Waals surface area contributed by atoms with Crippen LogP contribution in [-0.2, 0) is 11.2 Å². The number of aryl methyl sites for hydroxylation is 1. The zero-order valence-corrected chi connectivity index (χ0v) is 16.4. The van der Waals surface area contributed by atoms with Gasteiger partial charge in [0, 0.05) is 5.56 Å². The van der Waals surface area contributed by atoms with E-state index >= 15 is 0 Å². The van der Waals surface area contributed by atoms with E-state index in [1.807, 2.05) is 24.3 Å². The first-order valence-electron chi connectivity index (χ1n) is 8.40. The van der Waals surface area contributed by atoms with Gasteiger partial charge >= 0.3 is 0 Å². The topological polar surface area (TPSA) is 70.7 Å². The third-order valence-corrected chi connectivity index (χ3v) is 5.21. The number of H-pyrrole nitrogens is 1. The van der Waals surface area contributed by atoms with Crippen molar-refractivity contribution in [2.45, 2.75) is 30.7 Å². The number of hydrogen-bond donors (Lipinski definition) is 2. The Morgan fingerprint density at radius 3 is 2.70 bits per heavy atom. The molecular formula is C19H18ClFN4OS. The van der Waals surface area contributed by atoms with E-state index in [4.69, 9.17) is 11.6 Å². The first-order chi connectivity index (χ1) is 13.0. The third kappa shape index (κ3) is 4.87. The molecule has 0 unspecified atom stereocenters. The fourth-order valence-corrected chi connectivity index (χ4v) is 3.30. The Morgan fingerprint density at radius 2 is 2.04 bits per heavy atom. The Hall–Kier alpha value is -2.38. The second kappa shape index (κ2) is 8.54. The van der Waals surface area contributed by atoms with Gasteiger partial charge in [-0.2, -0.15) is 0 Å². The summed E-state index contributed by atoms with van der Waals surface area (Å²) in [6, 6.07) is 11.9. The second-order valence-corrected chi connectivity index (χ2v) is 7.61. The number of nitrogens with one attached hydrogen (secondary N) is 2. The molecule has 3 aromatic rings. The van der Waals surface area contributed by atoms with Crippen LogP contribution in [-0.4, -0.2) is 26.3 Å². The van der Waals surface area contributed by atoms with Crippen molar-refractivity contribution in [1.82, 2.24) is 15.2 Å². The number of rotatable bonds is 6. The maximum absolute atomic E-state index is 13.1. The summed E-state index contributed by atoms with van der Waals surface area (Å²) in [7, 11) is 0. The van der Waals surface area contributed by atoms with Gasteiger partial charge in [-0.1, -0.05) is 54.6 Å². The quantitative estimate of drug-likeness (QED) is 0.570. The molecule has 27 heavy (non-hydrogen) atoms. The van der Waals surface area contributed by atoms with Crippen molar-refractivity contribution in [3.05, 3.63) is 58.9 Å². The van der Waals surface area contributed by atoms with Gasteiger partial charge in [0.2, 0.25) is 11.1 Å². The number of anilines is 1. The molecule has 1 amide bonds. The van der Waals surface area contributed by atoms with E-state index in [1.54, 1.807) is 6.92 Å². The van der Waals surface area contributed by atoms with E-state index in [2.05, 4.69) is 27.4 Å². The normalized spacial score (nSPS) is 12.0. The van der Waals surface area contributed by atoms with E-state index in [0.29, 0.717) is 16.7 Å². The lowest BCUT2D eigenvalue weighted by Crippen LogP contribution is -2.22. The summed E-state index contributed by atoms with van der Waals surface area (Å²) in [5, 5.41) is 9.90. The lowest BCUT2D eigenvalue weighted by Gasteiger charge is -2.11. The monoisotopic (exact) mass is 404 g/mol. The molecule has 5 nitrogen and oxygen atoms in total. The second-order valence-electron chi connectivity index (χ2n) is 5.89. The molecule has 0 aliphatic rings. The lowest BCUT2D eigenvalue weighted by molar-refractivity contribution is -0.115. The van der Waals surface area contributed by atoms with Gasteiger partial charge in [0.15, 0.2) is 5.82 Å². The van der Waals surface area contributed by atoms with Gasteiger partial charge in [-0.15, -0.1) is 5.10 Å². The van der Waals surface area contributed by atoms with Crippen LogP contribution in [0.4, 0.5) is 10.1 Å². The summed E-state index contributed by atoms with van der Waals surface area (Å²) in [6.07, 6.45) is 0.975. The highest BCUT2D eigenvalue weighted by atomic mass is 35.5. The maximum atomic E-state index is 13.1. The molecule has 2 N–H and O–H groups in total. The van der Waals surface area contributed by atoms with Crippen LogP contribution in [0.2, 0.25) is 5.02 Å². The number of amides is 1. The van der Waals surface area contributed by atoms with Crippen molar-refractivity contribution in [3.8, 4) is 11.4 Å². The van der Waals surface area contributed by atoms with E-state index < -0.39 is 11.1 Å². The molecule has 3 rings (SSSR count). The zero-order chi connectivity index (χ0) is 19.4. The van der Waals surface area contributed by atoms with Crippen LogP contribution in [0.15, 0.2) is 47.6 Å². The average molecular weight is 405 g/mol. The van der Waals surface area contributed by atoms with Gasteiger partial charge < -0.3 is 5.32 Å². The Kier molecular flexibility index (Phi) is 6.13. The molecule has 0 saturated heterocycles. The fourth-order valence-electron chi connectivity index (χ4n) is 2.36. The van der Waals surface area contributed by atoms with Crippen LogP contribution >= 0.6 is 23.4 Å². The van der Waals surface area contributed by atoms with Crippen LogP contribution in [0.25, 0.3) is 11.4 Å². The van der Waals surface area contributed by atoms with Gasteiger partial charge in [-0.3, -0.25) is 9.89 Å². The average Bonchev–Trinajstić information content (AvgIpc) is 3.12. The number of carbonyl (C=O) groups excluding carboxylic acids is 1. The van der Waals surface area contributed by atoms with Crippen molar-refractivity contribution in [2.75, 3.05) is 5.32 Å². The van der Waals surface area contributed by atoms with Crippen molar-refractivity contribution >= 4 is 35.0 Å². The minimum absolute atomic E-state index is 0.149. The number of nitrogens with zero attached hydrogens (tertiary/aromatic N) is 2. The SMILES string of the molecule is CCc1ccc(-c2nc(S[C@@H](C)C(=O)Nc3ccc(F)cc3Cl)n[nH]2)cc1. The van der Waals surface area contributed by atoms with Crippen molar-refractivity contribution in [1.29, 1.82) is 0 Å². The van der Waals surface area contributed by atoms with E-state index in [0.717, 1.165) is 18.1 Å². The number of aromatic amines is 1. The standard InChI is InChI=1S/C19H18ClFN4OS/c1-3-12-4-6-13(7-5-12)17-23-19(25-24-17)27-11(2)18(26)22-16-9-8-14(21)10-15(16)20/h4-11H,3H2,1-2H3,(H,22,26)(H,23,24,25)/t11-/m0/s1. The van der Waals surface area contributed by atoms with Gasteiger partial charge in [0.25, 0.3) is 0 Å². The molecule has 2 aromatic carbocycles. The summed E-state index contributed by atoms with van der Waals surface area (Å²) in [5.74, 6) is -0.0814. The molecule has 0 spiro atoms. The predicted octanol–water partition coefficient (Wildman–Crippen LogP) is 4.95. The first-order valence-corrected chi connectivity index (χ1v) is 9.66. The Balaban J connectivity index is 1.64. The van der Waals surface area contributed by atoms with E-state index in [1.165, 1.54) is 29.5 Å². The molecule has 0 aliphatic heterocycles. The van der Waals surface area contributed by atoms with Gasteiger partial charge in [-0.05, 0) is 37.1 Å². The minimum Gasteiger partial charge on any atom is -0.324 e. The summed E-state index contributed by atoms with van der Waals surface area (Å²) < 4.78 is 13.1. The zero-order valence-electron chi connectivity index (χ0n) is 14.8. The predicted molar refractivity (Wildman–Crippen MR) is 107 cm³/mol. The summed E-state index contributed by atoms with van der Waals surface area (Å²) in [5.41, 5.74) is 2.54. The van der Waals surface area contributed by atoms with Crippen LogP contribution in [0.3, 0.4) is 0 Å². The largest absolute Gasteiger partial charge is 0.324 e. The van der Waals surface area contributed by atoms with Crippen molar-refractivity contribution in [2.24, 2.45) is 0 Å².